The maximum atomic E-state index is 16.9. The lowest BCUT2D eigenvalue weighted by Gasteiger charge is -2.63. The van der Waals surface area contributed by atoms with Gasteiger partial charge in [-0.2, -0.15) is 0 Å². The van der Waals surface area contributed by atoms with Gasteiger partial charge in [0.2, 0.25) is 0 Å². The summed E-state index contributed by atoms with van der Waals surface area (Å²) < 4.78 is 32.1. The summed E-state index contributed by atoms with van der Waals surface area (Å²) in [4.78, 5) is 24.3. The van der Waals surface area contributed by atoms with Crippen molar-refractivity contribution in [1.29, 1.82) is 0 Å². The van der Waals surface area contributed by atoms with E-state index in [2.05, 4.69) is 0 Å². The van der Waals surface area contributed by atoms with Gasteiger partial charge in [-0.25, -0.2) is 8.78 Å². The van der Waals surface area contributed by atoms with Gasteiger partial charge in [0.05, 0.1) is 6.10 Å². The zero-order valence-corrected chi connectivity index (χ0v) is 16.9. The second-order valence-corrected chi connectivity index (χ2v) is 9.84. The number of carbonyl (C=O) groups excluding carboxylic acids is 2. The molecule has 4 aliphatic rings. The molecule has 0 bridgehead atoms. The Balaban J connectivity index is 1.87. The summed E-state index contributed by atoms with van der Waals surface area (Å²) in [7, 11) is 0. The van der Waals surface area contributed by atoms with E-state index in [-0.39, 0.29) is 24.8 Å². The molecule has 3 fully saturated rings. The number of alkyl halides is 2. The van der Waals surface area contributed by atoms with Crippen LogP contribution in [0.3, 0.4) is 0 Å². The fourth-order valence-electron chi connectivity index (χ4n) is 7.25. The second-order valence-electron chi connectivity index (χ2n) is 9.84. The minimum atomic E-state index is -2.24. The smallest absolute Gasteiger partial charge is 0.190 e. The van der Waals surface area contributed by atoms with E-state index in [1.807, 2.05) is 0 Å². The molecule has 5 nitrogen and oxygen atoms in total. The molecule has 160 valence electrons. The summed E-state index contributed by atoms with van der Waals surface area (Å²) in [5.41, 5.74) is -6.81. The maximum Gasteiger partial charge on any atom is 0.190 e. The first-order chi connectivity index (χ1) is 13.4. The van der Waals surface area contributed by atoms with E-state index < -0.39 is 70.3 Å². The third-order valence-electron chi connectivity index (χ3n) is 8.78. The zero-order chi connectivity index (χ0) is 21.6. The van der Waals surface area contributed by atoms with Crippen molar-refractivity contribution in [3.8, 4) is 0 Å². The Morgan fingerprint density at radius 1 is 1.28 bits per heavy atom. The Morgan fingerprint density at radius 3 is 2.55 bits per heavy atom. The van der Waals surface area contributed by atoms with E-state index >= 15 is 8.78 Å². The number of halogens is 2. The number of allylic oxidation sites excluding steroid dienone is 4. The third kappa shape index (κ3) is 2.19. The molecule has 4 aliphatic carbocycles. The number of ketones is 2. The van der Waals surface area contributed by atoms with Crippen LogP contribution < -0.4 is 0 Å². The molecule has 3 saturated carbocycles. The van der Waals surface area contributed by atoms with Crippen LogP contribution in [0.2, 0.25) is 0 Å². The van der Waals surface area contributed by atoms with Gasteiger partial charge < -0.3 is 15.3 Å². The van der Waals surface area contributed by atoms with Crippen LogP contribution in [0.25, 0.3) is 0 Å². The van der Waals surface area contributed by atoms with Gasteiger partial charge in [0.15, 0.2) is 17.2 Å². The van der Waals surface area contributed by atoms with Crippen LogP contribution in [0.1, 0.15) is 40.0 Å². The minimum Gasteiger partial charge on any atom is -0.390 e. The summed E-state index contributed by atoms with van der Waals surface area (Å²) in [6, 6.07) is 0. The lowest BCUT2D eigenvalue weighted by Crippen LogP contribution is -2.70. The van der Waals surface area contributed by atoms with Crippen molar-refractivity contribution in [2.45, 2.75) is 63.6 Å². The van der Waals surface area contributed by atoms with E-state index in [1.54, 1.807) is 13.8 Å². The van der Waals surface area contributed by atoms with E-state index in [0.717, 1.165) is 6.08 Å². The molecule has 0 heterocycles. The van der Waals surface area contributed by atoms with Crippen LogP contribution in [0, 0.1) is 28.6 Å². The van der Waals surface area contributed by atoms with Gasteiger partial charge in [0, 0.05) is 16.7 Å². The summed E-state index contributed by atoms with van der Waals surface area (Å²) >= 11 is 0. The molecule has 0 unspecified atom stereocenters. The van der Waals surface area contributed by atoms with Crippen LogP contribution >= 0.6 is 0 Å². The topological polar surface area (TPSA) is 94.8 Å². The highest BCUT2D eigenvalue weighted by Gasteiger charge is 2.76. The summed E-state index contributed by atoms with van der Waals surface area (Å²) in [5.74, 6) is -3.24. The molecule has 0 spiro atoms. The Kier molecular flexibility index (Phi) is 4.34. The normalized spacial score (nSPS) is 53.7. The predicted octanol–water partition coefficient (Wildman–Crippen LogP) is 1.84. The van der Waals surface area contributed by atoms with Crippen LogP contribution in [0.5, 0.6) is 0 Å². The standard InChI is InChI=1S/C22H28F2O5/c1-11-6-13-14-8-16(23)15-7-12(26)4-5-19(15,2)21(14,24)17(27)9-20(13,3)22(11,29)18(28)10-25/h4-5,7,11,13-14,16-17,25,27,29H,6,8-10H2,1-3H3/t11-,13+,14+,16+,17+,19+,20+,21+,22-/m1/s1. The molecule has 0 aromatic rings. The monoisotopic (exact) mass is 410 g/mol. The fourth-order valence-corrected chi connectivity index (χ4v) is 7.25. The molecule has 9 atom stereocenters. The van der Waals surface area contributed by atoms with E-state index in [0.29, 0.717) is 0 Å². The van der Waals surface area contributed by atoms with Gasteiger partial charge in [-0.1, -0.05) is 19.9 Å². The van der Waals surface area contributed by atoms with Gasteiger partial charge >= 0.3 is 0 Å². The molecule has 0 aliphatic heterocycles. The van der Waals surface area contributed by atoms with Crippen molar-refractivity contribution in [2.24, 2.45) is 28.6 Å². The van der Waals surface area contributed by atoms with Crippen LogP contribution in [0.4, 0.5) is 8.78 Å². The molecular formula is C22H28F2O5. The van der Waals surface area contributed by atoms with Gasteiger partial charge in [-0.15, -0.1) is 0 Å². The number of fused-ring (bicyclic) bond motifs is 5. The fraction of sp³-hybridized carbons (Fsp3) is 0.727. The molecule has 0 radical (unpaired) electrons. The van der Waals surface area contributed by atoms with Gasteiger partial charge in [0.25, 0.3) is 0 Å². The molecule has 3 N–H and O–H groups in total. The number of Topliss-reactive ketones (excluding diaryl/α,β-unsaturated/α-hetero) is 1. The number of rotatable bonds is 2. The van der Waals surface area contributed by atoms with Crippen LogP contribution in [-0.4, -0.2) is 57.0 Å². The Hall–Kier alpha value is -1.44. The number of hydrogen-bond donors (Lipinski definition) is 3. The molecule has 4 rings (SSSR count). The lowest BCUT2D eigenvalue weighted by molar-refractivity contribution is -0.223. The molecule has 0 saturated heterocycles. The van der Waals surface area contributed by atoms with Crippen molar-refractivity contribution in [3.05, 3.63) is 23.8 Å². The minimum absolute atomic E-state index is 0.0409. The molecule has 29 heavy (non-hydrogen) atoms. The van der Waals surface area contributed by atoms with Crippen molar-refractivity contribution < 1.29 is 33.7 Å². The van der Waals surface area contributed by atoms with Crippen molar-refractivity contribution in [1.82, 2.24) is 0 Å². The second kappa shape index (κ2) is 6.05. The van der Waals surface area contributed by atoms with E-state index in [9.17, 15) is 24.9 Å². The lowest BCUT2D eigenvalue weighted by atomic mass is 9.44. The zero-order valence-electron chi connectivity index (χ0n) is 16.9. The Labute approximate surface area is 168 Å². The number of hydrogen-bond acceptors (Lipinski definition) is 5. The van der Waals surface area contributed by atoms with Crippen LogP contribution in [0.15, 0.2) is 23.8 Å². The van der Waals surface area contributed by atoms with Crippen LogP contribution in [-0.2, 0) is 9.59 Å². The first-order valence-electron chi connectivity index (χ1n) is 10.2. The van der Waals surface area contributed by atoms with E-state index in [1.165, 1.54) is 19.1 Å². The Bertz CT molecular complexity index is 839. The first kappa shape index (κ1) is 20.8. The highest BCUT2D eigenvalue weighted by molar-refractivity contribution is 6.01. The third-order valence-corrected chi connectivity index (χ3v) is 8.78. The highest BCUT2D eigenvalue weighted by atomic mass is 19.1. The average molecular weight is 410 g/mol. The first-order valence-corrected chi connectivity index (χ1v) is 10.2. The maximum absolute atomic E-state index is 16.9. The number of carbonyl (C=O) groups is 2. The van der Waals surface area contributed by atoms with E-state index in [4.69, 9.17) is 0 Å². The molecule has 0 aromatic carbocycles. The number of aliphatic hydroxyl groups is 3. The van der Waals surface area contributed by atoms with Crippen molar-refractivity contribution >= 4 is 11.6 Å². The predicted molar refractivity (Wildman–Crippen MR) is 100 cm³/mol. The molecule has 0 aromatic heterocycles. The quantitative estimate of drug-likeness (QED) is 0.646. The molecule has 0 amide bonds. The summed E-state index contributed by atoms with van der Waals surface area (Å²) in [5, 5.41) is 31.9. The number of aliphatic hydroxyl groups excluding tert-OH is 2. The van der Waals surface area contributed by atoms with Crippen molar-refractivity contribution in [2.75, 3.05) is 6.61 Å². The highest BCUT2D eigenvalue weighted by Crippen LogP contribution is 2.70. The largest absolute Gasteiger partial charge is 0.390 e. The average Bonchev–Trinajstić information content (AvgIpc) is 2.86. The van der Waals surface area contributed by atoms with Gasteiger partial charge in [-0.3, -0.25) is 9.59 Å². The molecule has 7 heteroatoms. The summed E-state index contributed by atoms with van der Waals surface area (Å²) in [6.07, 6.45) is 0.427. The van der Waals surface area contributed by atoms with Crippen molar-refractivity contribution in [3.63, 3.8) is 0 Å². The molecular weight excluding hydrogens is 382 g/mol. The van der Waals surface area contributed by atoms with Gasteiger partial charge in [-0.05, 0) is 55.7 Å². The van der Waals surface area contributed by atoms with Gasteiger partial charge in [0.1, 0.15) is 18.4 Å². The Morgan fingerprint density at radius 2 is 1.93 bits per heavy atom. The summed E-state index contributed by atoms with van der Waals surface area (Å²) in [6.45, 7) is 3.96. The SMILES string of the molecule is C[C@@H]1C[C@H]2[C@@H]3C[C@H](F)C4=CC(=O)C=C[C@]4(C)[C@@]3(F)[C@@H](O)C[C@]2(C)[C@]1(O)C(=O)CO.